The molecule has 1 unspecified atom stereocenters. The molecule has 0 radical (unpaired) electrons. The van der Waals surface area contributed by atoms with E-state index in [1.54, 1.807) is 0 Å². The van der Waals surface area contributed by atoms with E-state index in [9.17, 15) is 4.39 Å². The van der Waals surface area contributed by atoms with Gasteiger partial charge in [-0.05, 0) is 20.8 Å². The number of nitrogens with zero attached hydrogens (tertiary/aromatic N) is 1. The molecule has 3 heteroatoms. The van der Waals surface area contributed by atoms with Gasteiger partial charge in [0.05, 0.1) is 0 Å². The van der Waals surface area contributed by atoms with E-state index in [1.165, 1.54) is 0 Å². The van der Waals surface area contributed by atoms with E-state index in [1.807, 2.05) is 0 Å². The maximum absolute atomic E-state index is 12.9. The minimum absolute atomic E-state index is 0.0540. The average Bonchev–Trinajstić information content (AvgIpc) is 2.11. The standard InChI is InChI=1S/C8H17FN2/c1-8(2,3)11-4-6(9)7(10)5-11/h6-7H,4-5,10H2,1-3H3/t6?,7-/m0/s1. The highest BCUT2D eigenvalue weighted by Gasteiger charge is 2.35. The van der Waals surface area contributed by atoms with Crippen molar-refractivity contribution >= 4 is 0 Å². The Morgan fingerprint density at radius 1 is 1.36 bits per heavy atom. The second-order valence-corrected chi connectivity index (χ2v) is 4.26. The molecule has 0 spiro atoms. The summed E-state index contributed by atoms with van der Waals surface area (Å²) in [6, 6.07) is -0.283. The largest absolute Gasteiger partial charge is 0.324 e. The van der Waals surface area contributed by atoms with Crippen molar-refractivity contribution in [3.8, 4) is 0 Å². The summed E-state index contributed by atoms with van der Waals surface area (Å²) in [6.45, 7) is 7.42. The molecule has 1 saturated heterocycles. The molecule has 0 amide bonds. The fourth-order valence-electron chi connectivity index (χ4n) is 1.34. The van der Waals surface area contributed by atoms with Crippen molar-refractivity contribution < 1.29 is 4.39 Å². The van der Waals surface area contributed by atoms with Crippen molar-refractivity contribution in [1.82, 2.24) is 4.90 Å². The molecule has 0 saturated carbocycles. The number of halogens is 1. The van der Waals surface area contributed by atoms with Crippen LogP contribution in [-0.4, -0.2) is 35.7 Å². The summed E-state index contributed by atoms with van der Waals surface area (Å²) in [7, 11) is 0. The van der Waals surface area contributed by atoms with Gasteiger partial charge in [-0.2, -0.15) is 0 Å². The third-order valence-electron chi connectivity index (χ3n) is 2.24. The Kier molecular flexibility index (Phi) is 2.21. The lowest BCUT2D eigenvalue weighted by atomic mass is 10.1. The highest BCUT2D eigenvalue weighted by molar-refractivity contribution is 4.92. The van der Waals surface area contributed by atoms with Gasteiger partial charge in [0.25, 0.3) is 0 Å². The molecule has 2 nitrogen and oxygen atoms in total. The van der Waals surface area contributed by atoms with E-state index in [0.29, 0.717) is 13.1 Å². The van der Waals surface area contributed by atoms with Crippen LogP contribution >= 0.6 is 0 Å². The highest BCUT2D eigenvalue weighted by atomic mass is 19.1. The first-order valence-corrected chi connectivity index (χ1v) is 4.06. The predicted octanol–water partition coefficient (Wildman–Crippen LogP) is 0.766. The molecule has 1 fully saturated rings. The molecule has 0 aromatic carbocycles. The Morgan fingerprint density at radius 3 is 2.09 bits per heavy atom. The number of rotatable bonds is 0. The molecule has 11 heavy (non-hydrogen) atoms. The maximum atomic E-state index is 12.9. The molecular weight excluding hydrogens is 143 g/mol. The van der Waals surface area contributed by atoms with E-state index in [0.717, 1.165) is 0 Å². The first-order valence-electron chi connectivity index (χ1n) is 4.06. The van der Waals surface area contributed by atoms with Crippen molar-refractivity contribution in [2.75, 3.05) is 13.1 Å². The van der Waals surface area contributed by atoms with Gasteiger partial charge in [0.2, 0.25) is 0 Å². The summed E-state index contributed by atoms with van der Waals surface area (Å²) < 4.78 is 12.9. The van der Waals surface area contributed by atoms with Gasteiger partial charge in [-0.1, -0.05) is 0 Å². The lowest BCUT2D eigenvalue weighted by Crippen LogP contribution is -2.40. The quantitative estimate of drug-likeness (QED) is 0.567. The van der Waals surface area contributed by atoms with Gasteiger partial charge >= 0.3 is 0 Å². The van der Waals surface area contributed by atoms with Crippen LogP contribution in [0.25, 0.3) is 0 Å². The van der Waals surface area contributed by atoms with Crippen LogP contribution in [0.4, 0.5) is 4.39 Å². The Labute approximate surface area is 67.6 Å². The van der Waals surface area contributed by atoms with Gasteiger partial charge in [0.1, 0.15) is 6.17 Å². The van der Waals surface area contributed by atoms with Crippen LogP contribution < -0.4 is 5.73 Å². The molecule has 1 aliphatic heterocycles. The van der Waals surface area contributed by atoms with Crippen LogP contribution in [0.1, 0.15) is 20.8 Å². The molecule has 2 atom stereocenters. The Balaban J connectivity index is 2.54. The molecule has 2 N–H and O–H groups in total. The summed E-state index contributed by atoms with van der Waals surface area (Å²) in [5, 5.41) is 0. The summed E-state index contributed by atoms with van der Waals surface area (Å²) in [6.07, 6.45) is -0.839. The van der Waals surface area contributed by atoms with Crippen LogP contribution in [0.15, 0.2) is 0 Å². The highest BCUT2D eigenvalue weighted by Crippen LogP contribution is 2.21. The van der Waals surface area contributed by atoms with E-state index >= 15 is 0 Å². The molecule has 0 aromatic rings. The number of hydrogen-bond acceptors (Lipinski definition) is 2. The normalized spacial score (nSPS) is 34.6. The first kappa shape index (κ1) is 8.94. The maximum Gasteiger partial charge on any atom is 0.129 e. The number of nitrogens with two attached hydrogens (primary N) is 1. The van der Waals surface area contributed by atoms with Gasteiger partial charge in [-0.25, -0.2) is 4.39 Å². The zero-order chi connectivity index (χ0) is 8.65. The fourth-order valence-corrected chi connectivity index (χ4v) is 1.34. The predicted molar refractivity (Wildman–Crippen MR) is 44.2 cm³/mol. The van der Waals surface area contributed by atoms with Crippen LogP contribution in [0.5, 0.6) is 0 Å². The van der Waals surface area contributed by atoms with Crippen molar-refractivity contribution in [3.63, 3.8) is 0 Å². The topological polar surface area (TPSA) is 29.3 Å². The van der Waals surface area contributed by atoms with Crippen molar-refractivity contribution in [1.29, 1.82) is 0 Å². The van der Waals surface area contributed by atoms with E-state index in [2.05, 4.69) is 25.7 Å². The minimum atomic E-state index is -0.839. The summed E-state index contributed by atoms with van der Waals surface area (Å²) >= 11 is 0. The SMILES string of the molecule is CC(C)(C)N1CC(F)[C@@H](N)C1. The lowest BCUT2D eigenvalue weighted by Gasteiger charge is -2.31. The summed E-state index contributed by atoms with van der Waals surface area (Å²) in [5.74, 6) is 0. The van der Waals surface area contributed by atoms with E-state index < -0.39 is 6.17 Å². The van der Waals surface area contributed by atoms with Crippen molar-refractivity contribution in [2.45, 2.75) is 38.5 Å². The first-order chi connectivity index (χ1) is 4.91. The minimum Gasteiger partial charge on any atom is -0.324 e. The van der Waals surface area contributed by atoms with Crippen LogP contribution in [-0.2, 0) is 0 Å². The lowest BCUT2D eigenvalue weighted by molar-refractivity contribution is 0.161. The molecule has 1 aliphatic rings. The Bertz CT molecular complexity index is 132. The second kappa shape index (κ2) is 2.72. The van der Waals surface area contributed by atoms with Crippen molar-refractivity contribution in [2.24, 2.45) is 5.73 Å². The molecule has 0 aliphatic carbocycles. The van der Waals surface area contributed by atoms with Gasteiger partial charge in [-0.3, -0.25) is 4.90 Å². The third kappa shape index (κ3) is 1.91. The zero-order valence-electron chi connectivity index (χ0n) is 7.47. The van der Waals surface area contributed by atoms with Crippen LogP contribution in [0.3, 0.4) is 0 Å². The van der Waals surface area contributed by atoms with Crippen LogP contribution in [0, 0.1) is 0 Å². The van der Waals surface area contributed by atoms with Gasteiger partial charge in [-0.15, -0.1) is 0 Å². The average molecular weight is 160 g/mol. The monoisotopic (exact) mass is 160 g/mol. The number of hydrogen-bond donors (Lipinski definition) is 1. The molecule has 1 heterocycles. The number of likely N-dealkylation sites (tertiary alicyclic amines) is 1. The van der Waals surface area contributed by atoms with E-state index in [-0.39, 0.29) is 11.6 Å². The smallest absolute Gasteiger partial charge is 0.129 e. The van der Waals surface area contributed by atoms with E-state index in [4.69, 9.17) is 5.73 Å². The molecule has 1 rings (SSSR count). The van der Waals surface area contributed by atoms with Gasteiger partial charge in [0, 0.05) is 24.7 Å². The Morgan fingerprint density at radius 2 is 1.91 bits per heavy atom. The second-order valence-electron chi connectivity index (χ2n) is 4.26. The van der Waals surface area contributed by atoms with Gasteiger partial charge in [0.15, 0.2) is 0 Å². The molecular formula is C8H17FN2. The summed E-state index contributed by atoms with van der Waals surface area (Å²) in [4.78, 5) is 2.09. The third-order valence-corrected chi connectivity index (χ3v) is 2.24. The molecule has 0 aromatic heterocycles. The zero-order valence-corrected chi connectivity index (χ0v) is 7.47. The molecule has 0 bridgehead atoms. The van der Waals surface area contributed by atoms with Gasteiger partial charge < -0.3 is 5.73 Å². The van der Waals surface area contributed by atoms with Crippen molar-refractivity contribution in [3.05, 3.63) is 0 Å². The summed E-state index contributed by atoms with van der Waals surface area (Å²) in [5.41, 5.74) is 5.60. The fraction of sp³-hybridized carbons (Fsp3) is 1.00. The Hall–Kier alpha value is -0.150. The number of alkyl halides is 1. The molecule has 66 valence electrons. The van der Waals surface area contributed by atoms with Crippen LogP contribution in [0.2, 0.25) is 0 Å².